The molecular weight excluding hydrogens is 238 g/mol. The van der Waals surface area contributed by atoms with Gasteiger partial charge in [-0.25, -0.2) is 5.43 Å². The third-order valence-electron chi connectivity index (χ3n) is 3.25. The van der Waals surface area contributed by atoms with E-state index in [1.165, 1.54) is 5.56 Å². The average molecular weight is 257 g/mol. The Kier molecular flexibility index (Phi) is 4.49. The molecule has 4 nitrogen and oxygen atoms in total. The lowest BCUT2D eigenvalue weighted by molar-refractivity contribution is 0.414. The predicted octanol–water partition coefficient (Wildman–Crippen LogP) is 2.21. The summed E-state index contributed by atoms with van der Waals surface area (Å²) in [5.41, 5.74) is 6.33. The molecule has 0 aliphatic rings. The zero-order chi connectivity index (χ0) is 13.7. The number of nitrogens with two attached hydrogens (primary N) is 1. The summed E-state index contributed by atoms with van der Waals surface area (Å²) in [6.45, 7) is 2.11. The first-order chi connectivity index (χ1) is 9.30. The number of rotatable bonds is 5. The second kappa shape index (κ2) is 6.31. The van der Waals surface area contributed by atoms with E-state index in [2.05, 4.69) is 17.3 Å². The fourth-order valence-electron chi connectivity index (χ4n) is 2.18. The first-order valence-corrected chi connectivity index (χ1v) is 6.33. The third-order valence-corrected chi connectivity index (χ3v) is 3.25. The third kappa shape index (κ3) is 2.92. The molecule has 0 radical (unpaired) electrons. The molecule has 2 rings (SSSR count). The molecule has 0 saturated carbocycles. The molecule has 1 heterocycles. The Morgan fingerprint density at radius 3 is 2.58 bits per heavy atom. The van der Waals surface area contributed by atoms with Gasteiger partial charge in [0.15, 0.2) is 0 Å². The molecular formula is C15H19N3O. The minimum Gasteiger partial charge on any atom is -0.497 e. The van der Waals surface area contributed by atoms with Gasteiger partial charge in [-0.3, -0.25) is 10.8 Å². The maximum atomic E-state index is 5.73. The van der Waals surface area contributed by atoms with Gasteiger partial charge in [0.2, 0.25) is 0 Å². The number of methoxy groups -OCH3 is 1. The monoisotopic (exact) mass is 257 g/mol. The molecule has 1 atom stereocenters. The van der Waals surface area contributed by atoms with Crippen LogP contribution >= 0.6 is 0 Å². The summed E-state index contributed by atoms with van der Waals surface area (Å²) in [6, 6.07) is 9.88. The maximum absolute atomic E-state index is 5.73. The molecule has 0 fully saturated rings. The molecule has 0 amide bonds. The van der Waals surface area contributed by atoms with Crippen molar-refractivity contribution >= 4 is 0 Å². The van der Waals surface area contributed by atoms with Crippen LogP contribution in [0, 0.1) is 0 Å². The number of hydrazine groups is 1. The van der Waals surface area contributed by atoms with Gasteiger partial charge >= 0.3 is 0 Å². The molecule has 4 heteroatoms. The van der Waals surface area contributed by atoms with Gasteiger partial charge in [-0.2, -0.15) is 0 Å². The number of hydrogen-bond donors (Lipinski definition) is 2. The molecule has 1 unspecified atom stereocenters. The number of aryl methyl sites for hydroxylation is 1. The molecule has 100 valence electrons. The Balaban J connectivity index is 2.37. The van der Waals surface area contributed by atoms with Crippen molar-refractivity contribution in [2.24, 2.45) is 5.84 Å². The van der Waals surface area contributed by atoms with Crippen LogP contribution in [0.4, 0.5) is 0 Å². The Morgan fingerprint density at radius 1 is 1.26 bits per heavy atom. The summed E-state index contributed by atoms with van der Waals surface area (Å²) in [5, 5.41) is 0. The van der Waals surface area contributed by atoms with Crippen molar-refractivity contribution in [3.63, 3.8) is 0 Å². The van der Waals surface area contributed by atoms with Crippen molar-refractivity contribution < 1.29 is 4.74 Å². The van der Waals surface area contributed by atoms with Gasteiger partial charge in [0.25, 0.3) is 0 Å². The van der Waals surface area contributed by atoms with Crippen LogP contribution in [0.2, 0.25) is 0 Å². The lowest BCUT2D eigenvalue weighted by atomic mass is 9.95. The Labute approximate surface area is 113 Å². The second-order valence-corrected chi connectivity index (χ2v) is 4.30. The fourth-order valence-corrected chi connectivity index (χ4v) is 2.18. The zero-order valence-corrected chi connectivity index (χ0v) is 11.3. The van der Waals surface area contributed by atoms with E-state index in [1.807, 2.05) is 36.5 Å². The van der Waals surface area contributed by atoms with Crippen molar-refractivity contribution in [2.75, 3.05) is 7.11 Å². The van der Waals surface area contributed by atoms with Crippen LogP contribution in [0.3, 0.4) is 0 Å². The number of nitrogens with zero attached hydrogens (tertiary/aromatic N) is 1. The highest BCUT2D eigenvalue weighted by Crippen LogP contribution is 2.25. The number of aromatic nitrogens is 1. The predicted molar refractivity (Wildman–Crippen MR) is 75.8 cm³/mol. The van der Waals surface area contributed by atoms with E-state index in [9.17, 15) is 0 Å². The first kappa shape index (κ1) is 13.5. The molecule has 0 saturated heterocycles. The van der Waals surface area contributed by atoms with E-state index in [1.54, 1.807) is 13.3 Å². The average Bonchev–Trinajstić information content (AvgIpc) is 2.49. The molecule has 1 aromatic carbocycles. The van der Waals surface area contributed by atoms with Gasteiger partial charge in [0.05, 0.1) is 13.2 Å². The molecule has 19 heavy (non-hydrogen) atoms. The quantitative estimate of drug-likeness (QED) is 0.637. The Hall–Kier alpha value is -1.91. The largest absolute Gasteiger partial charge is 0.497 e. The topological polar surface area (TPSA) is 60.2 Å². The molecule has 2 aromatic rings. The van der Waals surface area contributed by atoms with E-state index >= 15 is 0 Å². The van der Waals surface area contributed by atoms with Crippen molar-refractivity contribution in [1.29, 1.82) is 0 Å². The molecule has 0 aliphatic heterocycles. The van der Waals surface area contributed by atoms with E-state index in [4.69, 9.17) is 10.6 Å². The highest BCUT2D eigenvalue weighted by atomic mass is 16.5. The van der Waals surface area contributed by atoms with Gasteiger partial charge in [-0.05, 0) is 41.3 Å². The van der Waals surface area contributed by atoms with Crippen LogP contribution in [0.5, 0.6) is 5.75 Å². The van der Waals surface area contributed by atoms with Crippen LogP contribution in [-0.4, -0.2) is 12.1 Å². The SMILES string of the molecule is CCc1cnccc1C(NN)c1ccc(OC)cc1. The Morgan fingerprint density at radius 2 is 2.00 bits per heavy atom. The second-order valence-electron chi connectivity index (χ2n) is 4.30. The summed E-state index contributed by atoms with van der Waals surface area (Å²) < 4.78 is 5.17. The normalized spacial score (nSPS) is 12.2. The molecule has 0 spiro atoms. The zero-order valence-electron chi connectivity index (χ0n) is 11.3. The van der Waals surface area contributed by atoms with Crippen molar-refractivity contribution in [3.05, 3.63) is 59.4 Å². The van der Waals surface area contributed by atoms with E-state index in [0.717, 1.165) is 23.3 Å². The number of benzene rings is 1. The summed E-state index contributed by atoms with van der Waals surface area (Å²) in [6.07, 6.45) is 4.61. The van der Waals surface area contributed by atoms with Crippen molar-refractivity contribution in [3.8, 4) is 5.75 Å². The highest BCUT2D eigenvalue weighted by Gasteiger charge is 2.15. The fraction of sp³-hybridized carbons (Fsp3) is 0.267. The van der Waals surface area contributed by atoms with Crippen LogP contribution < -0.4 is 16.0 Å². The van der Waals surface area contributed by atoms with Crippen LogP contribution in [0.15, 0.2) is 42.7 Å². The van der Waals surface area contributed by atoms with Gasteiger partial charge in [0.1, 0.15) is 5.75 Å². The first-order valence-electron chi connectivity index (χ1n) is 6.33. The summed E-state index contributed by atoms with van der Waals surface area (Å²) in [7, 11) is 1.66. The molecule has 1 aromatic heterocycles. The van der Waals surface area contributed by atoms with E-state index in [-0.39, 0.29) is 6.04 Å². The van der Waals surface area contributed by atoms with E-state index in [0.29, 0.717) is 0 Å². The highest BCUT2D eigenvalue weighted by molar-refractivity contribution is 5.38. The Bertz CT molecular complexity index is 525. The van der Waals surface area contributed by atoms with Crippen molar-refractivity contribution in [2.45, 2.75) is 19.4 Å². The van der Waals surface area contributed by atoms with Gasteiger partial charge in [-0.15, -0.1) is 0 Å². The summed E-state index contributed by atoms with van der Waals surface area (Å²) >= 11 is 0. The standard InChI is InChI=1S/C15H19N3O/c1-3-11-10-17-9-8-14(11)15(18-16)12-4-6-13(19-2)7-5-12/h4-10,15,18H,3,16H2,1-2H3. The minimum absolute atomic E-state index is 0.0381. The van der Waals surface area contributed by atoms with Crippen molar-refractivity contribution in [1.82, 2.24) is 10.4 Å². The van der Waals surface area contributed by atoms with Crippen LogP contribution in [0.25, 0.3) is 0 Å². The van der Waals surface area contributed by atoms with E-state index < -0.39 is 0 Å². The molecule has 0 bridgehead atoms. The number of hydrogen-bond acceptors (Lipinski definition) is 4. The smallest absolute Gasteiger partial charge is 0.118 e. The van der Waals surface area contributed by atoms with Crippen LogP contribution in [0.1, 0.15) is 29.7 Å². The lowest BCUT2D eigenvalue weighted by Gasteiger charge is -2.19. The summed E-state index contributed by atoms with van der Waals surface area (Å²) in [4.78, 5) is 4.17. The summed E-state index contributed by atoms with van der Waals surface area (Å²) in [5.74, 6) is 6.57. The number of nitrogens with one attached hydrogen (secondary N) is 1. The number of ether oxygens (including phenoxy) is 1. The molecule has 0 aliphatic carbocycles. The minimum atomic E-state index is -0.0381. The van der Waals surface area contributed by atoms with Gasteiger partial charge in [-0.1, -0.05) is 19.1 Å². The maximum Gasteiger partial charge on any atom is 0.118 e. The van der Waals surface area contributed by atoms with Gasteiger partial charge in [0, 0.05) is 12.4 Å². The molecule has 3 N–H and O–H groups in total. The lowest BCUT2D eigenvalue weighted by Crippen LogP contribution is -2.29. The van der Waals surface area contributed by atoms with Gasteiger partial charge < -0.3 is 4.74 Å². The number of pyridine rings is 1. The van der Waals surface area contributed by atoms with Crippen LogP contribution in [-0.2, 0) is 6.42 Å².